The van der Waals surface area contributed by atoms with Crippen molar-refractivity contribution in [2.75, 3.05) is 0 Å². The Morgan fingerprint density at radius 3 is 2.26 bits per heavy atom. The molecule has 0 aromatic carbocycles. The Hall–Kier alpha value is 0.137. The van der Waals surface area contributed by atoms with E-state index in [-0.39, 0.29) is 0 Å². The zero-order valence-electron chi connectivity index (χ0n) is 15.7. The van der Waals surface area contributed by atoms with E-state index in [0.29, 0.717) is 17.9 Å². The van der Waals surface area contributed by atoms with E-state index in [2.05, 4.69) is 20.8 Å². The monoisotopic (exact) mass is 338 g/mol. The molecule has 3 heteroatoms. The minimum absolute atomic E-state index is 0.353. The van der Waals surface area contributed by atoms with Crippen molar-refractivity contribution < 1.29 is 9.53 Å². The molecule has 23 heavy (non-hydrogen) atoms. The first kappa shape index (κ1) is 17.9. The largest absolute Gasteiger partial charge is 0.414 e. The smallest absolute Gasteiger partial charge is 0.192 e. The summed E-state index contributed by atoms with van der Waals surface area (Å²) >= 11 is 0. The summed E-state index contributed by atoms with van der Waals surface area (Å²) in [5, 5.41) is 11.7. The van der Waals surface area contributed by atoms with Crippen LogP contribution in [-0.2, 0) is 4.43 Å². The molecule has 0 heterocycles. The van der Waals surface area contributed by atoms with Crippen molar-refractivity contribution in [1.29, 1.82) is 0 Å². The summed E-state index contributed by atoms with van der Waals surface area (Å²) in [7, 11) is -1.58. The van der Waals surface area contributed by atoms with E-state index < -0.39 is 13.9 Å². The van der Waals surface area contributed by atoms with E-state index in [1.54, 1.807) is 0 Å². The number of aliphatic hydroxyl groups is 1. The third-order valence-corrected chi connectivity index (χ3v) is 12.5. The van der Waals surface area contributed by atoms with E-state index in [1.807, 2.05) is 0 Å². The van der Waals surface area contributed by atoms with Crippen molar-refractivity contribution in [3.05, 3.63) is 0 Å². The van der Waals surface area contributed by atoms with Crippen molar-refractivity contribution in [3.63, 3.8) is 0 Å². The van der Waals surface area contributed by atoms with Gasteiger partial charge in [0.05, 0.1) is 11.7 Å². The molecular weight excluding hydrogens is 300 g/mol. The number of hydrogen-bond donors (Lipinski definition) is 1. The van der Waals surface area contributed by atoms with Crippen LogP contribution in [-0.4, -0.2) is 25.1 Å². The molecular formula is C20H38O2Si. The highest BCUT2D eigenvalue weighted by molar-refractivity contribution is 6.73. The Kier molecular flexibility index (Phi) is 5.59. The summed E-state index contributed by atoms with van der Waals surface area (Å²) in [6.45, 7) is 7.00. The van der Waals surface area contributed by atoms with E-state index in [9.17, 15) is 5.11 Å². The van der Waals surface area contributed by atoms with Crippen LogP contribution < -0.4 is 0 Å². The van der Waals surface area contributed by atoms with Crippen molar-refractivity contribution >= 4 is 8.32 Å². The lowest BCUT2D eigenvalue weighted by Gasteiger charge is -2.57. The SMILES string of the molecule is CC[Si](CC)(CC)O[C@H]1CC[C@H]2CCCC[C@@H]3CCC[C@@]2(O)[C@@H]31. The van der Waals surface area contributed by atoms with Crippen molar-refractivity contribution in [3.8, 4) is 0 Å². The van der Waals surface area contributed by atoms with Crippen LogP contribution in [0.15, 0.2) is 0 Å². The van der Waals surface area contributed by atoms with Gasteiger partial charge in [0.2, 0.25) is 0 Å². The molecule has 0 radical (unpaired) electrons. The van der Waals surface area contributed by atoms with Gasteiger partial charge in [0.15, 0.2) is 8.32 Å². The summed E-state index contributed by atoms with van der Waals surface area (Å²) < 4.78 is 6.99. The van der Waals surface area contributed by atoms with E-state index in [1.165, 1.54) is 69.5 Å². The second kappa shape index (κ2) is 7.17. The van der Waals surface area contributed by atoms with E-state index >= 15 is 0 Å². The summed E-state index contributed by atoms with van der Waals surface area (Å²) in [5.41, 5.74) is -0.401. The first-order valence-corrected chi connectivity index (χ1v) is 13.0. The molecule has 3 rings (SSSR count). The minimum Gasteiger partial charge on any atom is -0.414 e. The number of rotatable bonds is 5. The summed E-state index contributed by atoms with van der Waals surface area (Å²) in [6.07, 6.45) is 11.7. The average molecular weight is 339 g/mol. The molecule has 0 unspecified atom stereocenters. The van der Waals surface area contributed by atoms with Crippen LogP contribution >= 0.6 is 0 Å². The molecule has 0 spiro atoms. The Balaban J connectivity index is 1.87. The van der Waals surface area contributed by atoms with Gasteiger partial charge in [-0.15, -0.1) is 0 Å². The van der Waals surface area contributed by atoms with Crippen LogP contribution in [0.5, 0.6) is 0 Å². The third-order valence-electron chi connectivity index (χ3n) is 7.86. The van der Waals surface area contributed by atoms with Gasteiger partial charge in [-0.3, -0.25) is 0 Å². The van der Waals surface area contributed by atoms with Gasteiger partial charge in [0.25, 0.3) is 0 Å². The van der Waals surface area contributed by atoms with Crippen LogP contribution in [0.2, 0.25) is 18.1 Å². The first-order chi connectivity index (χ1) is 11.1. The second-order valence-electron chi connectivity index (χ2n) is 8.63. The van der Waals surface area contributed by atoms with Crippen LogP contribution in [0.25, 0.3) is 0 Å². The van der Waals surface area contributed by atoms with Crippen LogP contribution in [0, 0.1) is 17.8 Å². The van der Waals surface area contributed by atoms with Gasteiger partial charge in [-0.25, -0.2) is 0 Å². The minimum atomic E-state index is -1.58. The van der Waals surface area contributed by atoms with E-state index in [0.717, 1.165) is 12.3 Å². The van der Waals surface area contributed by atoms with Gasteiger partial charge < -0.3 is 9.53 Å². The van der Waals surface area contributed by atoms with Gasteiger partial charge in [0, 0.05) is 5.92 Å². The molecule has 0 aromatic heterocycles. The molecule has 2 nitrogen and oxygen atoms in total. The molecule has 3 fully saturated rings. The molecule has 134 valence electrons. The second-order valence-corrected chi connectivity index (χ2v) is 13.4. The lowest BCUT2D eigenvalue weighted by molar-refractivity contribution is -0.183. The maximum absolute atomic E-state index is 11.7. The quantitative estimate of drug-likeness (QED) is 0.670. The predicted molar refractivity (Wildman–Crippen MR) is 99.0 cm³/mol. The Morgan fingerprint density at radius 2 is 1.57 bits per heavy atom. The average Bonchev–Trinajstić information content (AvgIpc) is 2.58. The first-order valence-electron chi connectivity index (χ1n) is 10.5. The molecule has 3 aliphatic rings. The summed E-state index contributed by atoms with van der Waals surface area (Å²) in [5.74, 6) is 1.71. The molecule has 0 aliphatic heterocycles. The normalized spacial score (nSPS) is 41.2. The molecule has 4 bridgehead atoms. The maximum atomic E-state index is 11.7. The number of hydrogen-bond acceptors (Lipinski definition) is 2. The fourth-order valence-electron chi connectivity index (χ4n) is 6.27. The molecule has 0 amide bonds. The maximum Gasteiger partial charge on any atom is 0.192 e. The van der Waals surface area contributed by atoms with Crippen molar-refractivity contribution in [2.45, 2.75) is 108 Å². The molecule has 3 saturated carbocycles. The van der Waals surface area contributed by atoms with Gasteiger partial charge in [-0.1, -0.05) is 40.0 Å². The Labute approximate surface area is 144 Å². The van der Waals surface area contributed by atoms with Gasteiger partial charge >= 0.3 is 0 Å². The summed E-state index contributed by atoms with van der Waals surface area (Å²) in [4.78, 5) is 0. The van der Waals surface area contributed by atoms with Crippen LogP contribution in [0.3, 0.4) is 0 Å². The zero-order valence-corrected chi connectivity index (χ0v) is 16.7. The molecule has 5 atom stereocenters. The van der Waals surface area contributed by atoms with Crippen molar-refractivity contribution in [1.82, 2.24) is 0 Å². The third kappa shape index (κ3) is 3.18. The van der Waals surface area contributed by atoms with Gasteiger partial charge in [-0.2, -0.15) is 0 Å². The van der Waals surface area contributed by atoms with Gasteiger partial charge in [0.1, 0.15) is 0 Å². The fraction of sp³-hybridized carbons (Fsp3) is 1.00. The Morgan fingerprint density at radius 1 is 0.913 bits per heavy atom. The predicted octanol–water partition coefficient (Wildman–Crippen LogP) is 5.51. The van der Waals surface area contributed by atoms with E-state index in [4.69, 9.17) is 4.43 Å². The standard InChI is InChI=1S/C20H38O2Si/c1-4-23(5-2,6-3)22-18-14-13-17-12-8-7-10-16-11-9-15-20(17,21)19(16)18/h16-19,21H,4-15H2,1-3H3/t16-,17-,18+,19+,20+/m1/s1. The highest BCUT2D eigenvalue weighted by atomic mass is 28.4. The van der Waals surface area contributed by atoms with Crippen molar-refractivity contribution in [2.24, 2.45) is 17.8 Å². The topological polar surface area (TPSA) is 29.5 Å². The lowest BCUT2D eigenvalue weighted by atomic mass is 9.54. The zero-order chi connectivity index (χ0) is 16.5. The molecule has 1 N–H and O–H groups in total. The highest BCUT2D eigenvalue weighted by Crippen LogP contribution is 2.55. The highest BCUT2D eigenvalue weighted by Gasteiger charge is 2.56. The molecule has 0 saturated heterocycles. The van der Waals surface area contributed by atoms with Gasteiger partial charge in [-0.05, 0) is 68.5 Å². The van der Waals surface area contributed by atoms with Crippen LogP contribution in [0.4, 0.5) is 0 Å². The van der Waals surface area contributed by atoms with Crippen LogP contribution in [0.1, 0.15) is 78.6 Å². The fourth-order valence-corrected chi connectivity index (χ4v) is 9.17. The molecule has 3 aliphatic carbocycles. The Bertz CT molecular complexity index is 387. The summed E-state index contributed by atoms with van der Waals surface area (Å²) in [6, 6.07) is 3.70. The molecule has 0 aromatic rings. The lowest BCUT2D eigenvalue weighted by Crippen LogP contribution is -2.61.